The fraction of sp³-hybridized carbons (Fsp3) is 0.696. The fourth-order valence-corrected chi connectivity index (χ4v) is 4.76. The molecule has 3 fully saturated rings. The first-order valence-electron chi connectivity index (χ1n) is 11.1. The minimum absolute atomic E-state index is 0.225. The molecule has 1 aromatic rings. The molecule has 0 unspecified atom stereocenters. The lowest BCUT2D eigenvalue weighted by atomic mass is 9.93. The number of amides is 1. The van der Waals surface area contributed by atoms with Crippen LogP contribution in [0.2, 0.25) is 0 Å². The van der Waals surface area contributed by atoms with E-state index < -0.39 is 0 Å². The third kappa shape index (κ3) is 5.55. The molecular weight excluding hydrogens is 334 g/mol. The molecule has 0 bridgehead atoms. The van der Waals surface area contributed by atoms with E-state index in [2.05, 4.69) is 45.4 Å². The second kappa shape index (κ2) is 9.20. The van der Waals surface area contributed by atoms with E-state index in [0.29, 0.717) is 18.0 Å². The quantitative estimate of drug-likeness (QED) is 0.802. The number of carbonyl (C=O) groups excluding carboxylic acids is 1. The van der Waals surface area contributed by atoms with Gasteiger partial charge in [-0.2, -0.15) is 0 Å². The van der Waals surface area contributed by atoms with Crippen LogP contribution in [0.1, 0.15) is 50.5 Å². The Morgan fingerprint density at radius 2 is 1.78 bits per heavy atom. The van der Waals surface area contributed by atoms with E-state index in [9.17, 15) is 4.79 Å². The fourth-order valence-electron chi connectivity index (χ4n) is 4.76. The number of benzene rings is 1. The van der Waals surface area contributed by atoms with Crippen LogP contribution in [0.15, 0.2) is 30.3 Å². The predicted octanol–water partition coefficient (Wildman–Crippen LogP) is 3.07. The first kappa shape index (κ1) is 18.9. The van der Waals surface area contributed by atoms with Crippen molar-refractivity contribution in [2.75, 3.05) is 32.7 Å². The molecule has 1 N–H and O–H groups in total. The van der Waals surface area contributed by atoms with Gasteiger partial charge in [-0.3, -0.25) is 9.69 Å². The van der Waals surface area contributed by atoms with Crippen LogP contribution in [0.5, 0.6) is 0 Å². The van der Waals surface area contributed by atoms with Gasteiger partial charge >= 0.3 is 0 Å². The van der Waals surface area contributed by atoms with Crippen LogP contribution in [-0.2, 0) is 11.2 Å². The summed E-state index contributed by atoms with van der Waals surface area (Å²) < 4.78 is 0. The van der Waals surface area contributed by atoms with Crippen molar-refractivity contribution in [1.82, 2.24) is 15.1 Å². The summed E-state index contributed by atoms with van der Waals surface area (Å²) in [5.74, 6) is 0.545. The highest BCUT2D eigenvalue weighted by atomic mass is 16.2. The number of rotatable bonds is 7. The Labute approximate surface area is 164 Å². The zero-order valence-corrected chi connectivity index (χ0v) is 16.6. The lowest BCUT2D eigenvalue weighted by molar-refractivity contribution is -0.127. The van der Waals surface area contributed by atoms with E-state index >= 15 is 0 Å². The Kier molecular flexibility index (Phi) is 6.46. The Morgan fingerprint density at radius 3 is 2.52 bits per heavy atom. The van der Waals surface area contributed by atoms with Crippen molar-refractivity contribution < 1.29 is 4.79 Å². The number of hydrogen-bond donors (Lipinski definition) is 1. The van der Waals surface area contributed by atoms with Gasteiger partial charge in [0.15, 0.2) is 0 Å². The highest BCUT2D eigenvalue weighted by Crippen LogP contribution is 2.26. The Morgan fingerprint density at radius 1 is 1.00 bits per heavy atom. The minimum Gasteiger partial charge on any atom is -0.353 e. The van der Waals surface area contributed by atoms with Crippen LogP contribution >= 0.6 is 0 Å². The van der Waals surface area contributed by atoms with Crippen molar-refractivity contribution in [3.05, 3.63) is 35.9 Å². The third-order valence-electron chi connectivity index (χ3n) is 6.60. The lowest BCUT2D eigenvalue weighted by Crippen LogP contribution is -2.51. The van der Waals surface area contributed by atoms with Crippen LogP contribution in [0.4, 0.5) is 0 Å². The second-order valence-electron chi connectivity index (χ2n) is 8.78. The summed E-state index contributed by atoms with van der Waals surface area (Å²) in [6, 6.07) is 12.0. The average molecular weight is 370 g/mol. The van der Waals surface area contributed by atoms with Crippen LogP contribution in [0, 0.1) is 5.92 Å². The Balaban J connectivity index is 1.16. The number of nitrogens with one attached hydrogen (secondary N) is 1. The van der Waals surface area contributed by atoms with Crippen LogP contribution in [0.25, 0.3) is 0 Å². The first-order chi connectivity index (χ1) is 13.3. The third-order valence-corrected chi connectivity index (χ3v) is 6.60. The van der Waals surface area contributed by atoms with Gasteiger partial charge in [-0.05, 0) is 83.1 Å². The summed E-state index contributed by atoms with van der Waals surface area (Å²) in [7, 11) is 0. The highest BCUT2D eigenvalue weighted by Gasteiger charge is 2.33. The number of likely N-dealkylation sites (tertiary alicyclic amines) is 2. The van der Waals surface area contributed by atoms with Gasteiger partial charge in [0.05, 0.1) is 5.92 Å². The van der Waals surface area contributed by atoms with E-state index in [0.717, 1.165) is 13.0 Å². The van der Waals surface area contributed by atoms with Crippen molar-refractivity contribution in [2.45, 2.75) is 63.5 Å². The molecule has 1 aliphatic carbocycles. The molecule has 1 amide bonds. The number of aryl methyl sites for hydroxylation is 1. The summed E-state index contributed by atoms with van der Waals surface area (Å²) in [6.45, 7) is 5.82. The number of piperidine rings is 2. The van der Waals surface area contributed by atoms with Crippen molar-refractivity contribution >= 4 is 5.91 Å². The molecule has 148 valence electrons. The van der Waals surface area contributed by atoms with Gasteiger partial charge in [-0.25, -0.2) is 0 Å². The maximum Gasteiger partial charge on any atom is 0.224 e. The average Bonchev–Trinajstić information content (AvgIpc) is 3.53. The molecule has 3 aliphatic rings. The van der Waals surface area contributed by atoms with Gasteiger partial charge in [0.25, 0.3) is 0 Å². The molecule has 4 rings (SSSR count). The molecule has 4 heteroatoms. The largest absolute Gasteiger partial charge is 0.353 e. The maximum absolute atomic E-state index is 12.4. The highest BCUT2D eigenvalue weighted by molar-refractivity contribution is 5.79. The van der Waals surface area contributed by atoms with Crippen molar-refractivity contribution in [3.8, 4) is 0 Å². The van der Waals surface area contributed by atoms with Crippen LogP contribution in [0.3, 0.4) is 0 Å². The molecule has 0 aromatic heterocycles. The molecule has 2 saturated heterocycles. The molecule has 1 aromatic carbocycles. The minimum atomic E-state index is 0.225. The molecule has 2 aliphatic heterocycles. The van der Waals surface area contributed by atoms with E-state index in [1.54, 1.807) is 0 Å². The van der Waals surface area contributed by atoms with Crippen molar-refractivity contribution in [3.63, 3.8) is 0 Å². The normalized spacial score (nSPS) is 25.4. The summed E-state index contributed by atoms with van der Waals surface area (Å²) >= 11 is 0. The zero-order chi connectivity index (χ0) is 18.5. The molecule has 27 heavy (non-hydrogen) atoms. The molecule has 1 saturated carbocycles. The molecular formula is C23H35N3O. The lowest BCUT2D eigenvalue weighted by Gasteiger charge is -2.42. The summed E-state index contributed by atoms with van der Waals surface area (Å²) in [4.78, 5) is 17.7. The molecule has 2 heterocycles. The van der Waals surface area contributed by atoms with E-state index in [-0.39, 0.29) is 5.92 Å². The van der Waals surface area contributed by atoms with E-state index in [1.165, 1.54) is 76.7 Å². The summed E-state index contributed by atoms with van der Waals surface area (Å²) in [5, 5.41) is 3.22. The van der Waals surface area contributed by atoms with Crippen LogP contribution in [-0.4, -0.2) is 60.5 Å². The zero-order valence-electron chi connectivity index (χ0n) is 16.6. The van der Waals surface area contributed by atoms with Gasteiger partial charge in [-0.1, -0.05) is 30.3 Å². The molecule has 0 spiro atoms. The Bertz CT molecular complexity index is 593. The molecule has 1 atom stereocenters. The van der Waals surface area contributed by atoms with Crippen molar-refractivity contribution in [2.24, 2.45) is 5.92 Å². The Hall–Kier alpha value is -1.39. The summed E-state index contributed by atoms with van der Waals surface area (Å²) in [5.41, 5.74) is 1.45. The second-order valence-corrected chi connectivity index (χ2v) is 8.78. The van der Waals surface area contributed by atoms with Gasteiger partial charge in [0, 0.05) is 18.6 Å². The van der Waals surface area contributed by atoms with E-state index in [4.69, 9.17) is 0 Å². The molecule has 4 nitrogen and oxygen atoms in total. The van der Waals surface area contributed by atoms with Gasteiger partial charge in [0.2, 0.25) is 5.91 Å². The number of nitrogens with zero attached hydrogens (tertiary/aromatic N) is 2. The van der Waals surface area contributed by atoms with Gasteiger partial charge < -0.3 is 10.2 Å². The topological polar surface area (TPSA) is 35.6 Å². The number of carbonyl (C=O) groups is 1. The van der Waals surface area contributed by atoms with Crippen molar-refractivity contribution in [1.29, 1.82) is 0 Å². The standard InChI is InChI=1S/C23H35N3O/c27-23(24-21-10-11-21)20-9-5-15-26(18-20)22-12-16-25(17-13-22)14-4-8-19-6-2-1-3-7-19/h1-3,6-7,20-22H,4-5,8-18H2,(H,24,27)/t20-/m1/s1. The smallest absolute Gasteiger partial charge is 0.224 e. The van der Waals surface area contributed by atoms with E-state index in [1.807, 2.05) is 0 Å². The van der Waals surface area contributed by atoms with Gasteiger partial charge in [0.1, 0.15) is 0 Å². The SMILES string of the molecule is O=C(NC1CC1)[C@@H]1CCCN(C2CCN(CCCc3ccccc3)CC2)C1. The first-order valence-corrected chi connectivity index (χ1v) is 11.1. The summed E-state index contributed by atoms with van der Waals surface area (Å²) in [6.07, 6.45) is 9.60. The monoisotopic (exact) mass is 369 g/mol. The molecule has 0 radical (unpaired) electrons. The number of hydrogen-bond acceptors (Lipinski definition) is 3. The predicted molar refractivity (Wildman–Crippen MR) is 110 cm³/mol. The maximum atomic E-state index is 12.4. The van der Waals surface area contributed by atoms with Crippen LogP contribution < -0.4 is 5.32 Å². The van der Waals surface area contributed by atoms with Gasteiger partial charge in [-0.15, -0.1) is 0 Å².